The third-order valence-corrected chi connectivity index (χ3v) is 2.50. The lowest BCUT2D eigenvalue weighted by atomic mass is 10.3. The van der Waals surface area contributed by atoms with Crippen LogP contribution in [0.2, 0.25) is 0 Å². The Kier molecular flexibility index (Phi) is 8.83. The lowest BCUT2D eigenvalue weighted by molar-refractivity contribution is 0.475. The van der Waals surface area contributed by atoms with Gasteiger partial charge in [-0.05, 0) is 18.2 Å². The molecule has 0 amide bonds. The van der Waals surface area contributed by atoms with Crippen LogP contribution in [0.3, 0.4) is 0 Å². The second-order valence-electron chi connectivity index (χ2n) is 2.10. The molecule has 64 valence electrons. The van der Waals surface area contributed by atoms with Crippen LogP contribution in [0.15, 0.2) is 0 Å². The monoisotopic (exact) mass is 204 g/mol. The Morgan fingerprint density at radius 1 is 1.30 bits per heavy atom. The summed E-state index contributed by atoms with van der Waals surface area (Å²) in [5, 5.41) is 0. The summed E-state index contributed by atoms with van der Waals surface area (Å²) in [6.07, 6.45) is 3.39. The van der Waals surface area contributed by atoms with Crippen LogP contribution in [-0.2, 0) is 11.8 Å². The van der Waals surface area contributed by atoms with Crippen LogP contribution >= 0.6 is 18.9 Å². The van der Waals surface area contributed by atoms with Crippen molar-refractivity contribution in [3.8, 4) is 0 Å². The van der Waals surface area contributed by atoms with Crippen molar-refractivity contribution in [2.24, 2.45) is 0 Å². The highest BCUT2D eigenvalue weighted by molar-refractivity contribution is 8.09. The van der Waals surface area contributed by atoms with Gasteiger partial charge in [0.25, 0.3) is 0 Å². The molecule has 5 heteroatoms. The first-order valence-corrected chi connectivity index (χ1v) is 6.00. The fourth-order valence-electron chi connectivity index (χ4n) is 0.568. The van der Waals surface area contributed by atoms with Gasteiger partial charge in [-0.3, -0.25) is 0 Å². The molecule has 0 rings (SSSR count). The lowest BCUT2D eigenvalue weighted by Crippen LogP contribution is -1.86. The largest absolute Gasteiger partial charge is 0.345 e. The van der Waals surface area contributed by atoms with Crippen LogP contribution in [0.1, 0.15) is 26.2 Å². The topological polar surface area (TPSA) is 40.5 Å². The second kappa shape index (κ2) is 6.56. The van der Waals surface area contributed by atoms with Crippen molar-refractivity contribution in [2.45, 2.75) is 26.2 Å². The maximum absolute atomic E-state index is 8.73. The Morgan fingerprint density at radius 3 is 2.10 bits per heavy atom. The van der Waals surface area contributed by atoms with Crippen molar-refractivity contribution in [3.05, 3.63) is 0 Å². The molecule has 0 aliphatic carbocycles. The van der Waals surface area contributed by atoms with Crippen LogP contribution in [0.5, 0.6) is 0 Å². The average molecular weight is 205 g/mol. The van der Waals surface area contributed by atoms with E-state index in [0.717, 1.165) is 19.3 Å². The van der Waals surface area contributed by atoms with E-state index in [4.69, 9.17) is 9.79 Å². The van der Waals surface area contributed by atoms with E-state index < -0.39 is 6.49 Å². The molecule has 0 fully saturated rings. The summed E-state index contributed by atoms with van der Waals surface area (Å²) in [7, 11) is 0. The first-order valence-electron chi connectivity index (χ1n) is 3.11. The second-order valence-corrected chi connectivity index (χ2v) is 5.63. The van der Waals surface area contributed by atoms with Crippen LogP contribution < -0.4 is 0 Å². The van der Waals surface area contributed by atoms with Gasteiger partial charge in [-0.25, -0.2) is 0 Å². The molecule has 0 aromatic heterocycles. The van der Waals surface area contributed by atoms with E-state index in [1.807, 2.05) is 0 Å². The summed E-state index contributed by atoms with van der Waals surface area (Å²) >= 11 is 4.42. The zero-order valence-electron chi connectivity index (χ0n) is 5.99. The first kappa shape index (κ1) is 13.4. The molecular weight excluding hydrogens is 191 g/mol. The number of unbranched alkanes of at least 4 members (excludes halogenated alkanes) is 2. The van der Waals surface area contributed by atoms with Crippen LogP contribution in [-0.4, -0.2) is 15.9 Å². The molecule has 0 spiro atoms. The summed E-state index contributed by atoms with van der Waals surface area (Å²) in [5.41, 5.74) is 0. The Labute approximate surface area is 73.2 Å². The Balaban J connectivity index is 0. The van der Waals surface area contributed by atoms with Gasteiger partial charge in [0.1, 0.15) is 0 Å². The molecule has 0 atom stereocenters. The van der Waals surface area contributed by atoms with E-state index in [2.05, 4.69) is 18.7 Å². The molecule has 0 unspecified atom stereocenters. The van der Waals surface area contributed by atoms with E-state index in [9.17, 15) is 0 Å². The van der Waals surface area contributed by atoms with Gasteiger partial charge in [-0.1, -0.05) is 19.8 Å². The lowest BCUT2D eigenvalue weighted by Gasteiger charge is -2.04. The maximum atomic E-state index is 8.73. The number of hydrogen-bond donors (Lipinski definition) is 2. The van der Waals surface area contributed by atoms with Crippen LogP contribution in [0, 0.1) is 0 Å². The molecule has 0 saturated carbocycles. The van der Waals surface area contributed by atoms with Crippen molar-refractivity contribution in [2.75, 3.05) is 6.16 Å². The summed E-state index contributed by atoms with van der Waals surface area (Å²) in [5.74, 6) is 0. The SMILES string of the molecule is CCCCCP(O)(O)=S.Cl. The van der Waals surface area contributed by atoms with E-state index in [1.54, 1.807) is 0 Å². The first-order chi connectivity index (χ1) is 4.06. The molecule has 2 N–H and O–H groups in total. The van der Waals surface area contributed by atoms with Crippen LogP contribution in [0.4, 0.5) is 0 Å². The smallest absolute Gasteiger partial charge is 0.183 e. The van der Waals surface area contributed by atoms with Crippen molar-refractivity contribution < 1.29 is 9.79 Å². The predicted octanol–water partition coefficient (Wildman–Crippen LogP) is 1.89. The van der Waals surface area contributed by atoms with Gasteiger partial charge >= 0.3 is 0 Å². The minimum absolute atomic E-state index is 0. The van der Waals surface area contributed by atoms with E-state index >= 15 is 0 Å². The van der Waals surface area contributed by atoms with Crippen molar-refractivity contribution >= 4 is 30.7 Å². The maximum Gasteiger partial charge on any atom is 0.183 e. The third kappa shape index (κ3) is 11.6. The summed E-state index contributed by atoms with van der Waals surface area (Å²) in [6.45, 7) is -0.794. The van der Waals surface area contributed by atoms with Gasteiger partial charge < -0.3 is 9.79 Å². The van der Waals surface area contributed by atoms with Gasteiger partial charge in [0.2, 0.25) is 0 Å². The molecule has 0 aromatic rings. The fourth-order valence-corrected chi connectivity index (χ4v) is 1.59. The molecule has 0 aliphatic rings. The molecule has 0 heterocycles. The van der Waals surface area contributed by atoms with E-state index in [1.165, 1.54) is 0 Å². The minimum atomic E-state index is -2.86. The molecule has 10 heavy (non-hydrogen) atoms. The highest BCUT2D eigenvalue weighted by Crippen LogP contribution is 2.35. The molecule has 2 nitrogen and oxygen atoms in total. The van der Waals surface area contributed by atoms with Gasteiger partial charge in [-0.15, -0.1) is 12.4 Å². The van der Waals surface area contributed by atoms with Gasteiger partial charge in [0, 0.05) is 6.16 Å². The Hall–Kier alpha value is 0.860. The zero-order valence-corrected chi connectivity index (χ0v) is 8.51. The number of halogens is 1. The third-order valence-electron chi connectivity index (χ3n) is 1.05. The predicted molar refractivity (Wildman–Crippen MR) is 50.4 cm³/mol. The van der Waals surface area contributed by atoms with E-state index in [-0.39, 0.29) is 12.4 Å². The summed E-state index contributed by atoms with van der Waals surface area (Å²) < 4.78 is 0. The normalized spacial score (nSPS) is 10.7. The van der Waals surface area contributed by atoms with Gasteiger partial charge in [-0.2, -0.15) is 0 Å². The average Bonchev–Trinajstić information content (AvgIpc) is 1.63. The Morgan fingerprint density at radius 2 is 1.80 bits per heavy atom. The van der Waals surface area contributed by atoms with Gasteiger partial charge in [0.05, 0.1) is 0 Å². The van der Waals surface area contributed by atoms with Crippen molar-refractivity contribution in [3.63, 3.8) is 0 Å². The van der Waals surface area contributed by atoms with E-state index in [0.29, 0.717) is 6.16 Å². The van der Waals surface area contributed by atoms with Gasteiger partial charge in [0.15, 0.2) is 6.49 Å². The molecule has 0 bridgehead atoms. The molecule has 0 aliphatic heterocycles. The molecule has 0 saturated heterocycles. The molecule has 0 radical (unpaired) electrons. The quantitative estimate of drug-likeness (QED) is 0.543. The fraction of sp³-hybridized carbons (Fsp3) is 1.00. The highest BCUT2D eigenvalue weighted by atomic mass is 35.5. The highest BCUT2D eigenvalue weighted by Gasteiger charge is 2.04. The molecule has 0 aromatic carbocycles. The Bertz CT molecular complexity index is 114. The zero-order chi connectivity index (χ0) is 7.33. The summed E-state index contributed by atoms with van der Waals surface area (Å²) in [6, 6.07) is 0. The van der Waals surface area contributed by atoms with Crippen molar-refractivity contribution in [1.82, 2.24) is 0 Å². The minimum Gasteiger partial charge on any atom is -0.345 e. The number of rotatable bonds is 4. The van der Waals surface area contributed by atoms with Crippen molar-refractivity contribution in [1.29, 1.82) is 0 Å². The standard InChI is InChI=1S/C5H13O2PS.ClH/c1-2-3-4-5-8(6,7)9;/h2-5H2,1H3,(H2,6,7,9);1H. The van der Waals surface area contributed by atoms with Crippen LogP contribution in [0.25, 0.3) is 0 Å². The molecular formula is C5H14ClO2PS. The summed E-state index contributed by atoms with van der Waals surface area (Å²) in [4.78, 5) is 17.5. The number of hydrogen-bond acceptors (Lipinski definition) is 1.